The van der Waals surface area contributed by atoms with Crippen LogP contribution in [0, 0.1) is 11.3 Å². The summed E-state index contributed by atoms with van der Waals surface area (Å²) in [5.41, 5.74) is 1.07. The fourth-order valence-electron chi connectivity index (χ4n) is 5.38. The van der Waals surface area contributed by atoms with E-state index in [1.807, 2.05) is 24.3 Å². The third kappa shape index (κ3) is 12.4. The largest absolute Gasteiger partial charge is 0.497 e. The van der Waals surface area contributed by atoms with Gasteiger partial charge in [-0.3, -0.25) is 0 Å². The van der Waals surface area contributed by atoms with Crippen LogP contribution in [-0.2, 0) is 31.4 Å². The number of rotatable bonds is 21. The lowest BCUT2D eigenvalue weighted by atomic mass is 9.76. The molecule has 1 heterocycles. The van der Waals surface area contributed by atoms with Gasteiger partial charge in [-0.25, -0.2) is 4.98 Å². The van der Waals surface area contributed by atoms with Crippen molar-refractivity contribution in [2.24, 2.45) is 11.3 Å². The van der Waals surface area contributed by atoms with Gasteiger partial charge in [-0.1, -0.05) is 80.5 Å². The second-order valence-electron chi connectivity index (χ2n) is 17.6. The molecule has 1 N–H and O–H groups in total. The molecule has 5 atom stereocenters. The van der Waals surface area contributed by atoms with Gasteiger partial charge in [0.1, 0.15) is 23.8 Å². The third-order valence-corrected chi connectivity index (χ3v) is 20.4. The van der Waals surface area contributed by atoms with Crippen molar-refractivity contribution in [3.8, 4) is 5.75 Å². The van der Waals surface area contributed by atoms with E-state index in [4.69, 9.17) is 32.5 Å². The molecule has 0 aliphatic rings. The zero-order valence-corrected chi connectivity index (χ0v) is 36.1. The number of nitrogens with zero attached hydrogens (tertiary/aromatic N) is 1. The Hall–Kier alpha value is -1.80. The SMILES string of the molecule is C=CC[C@H](O)c1coc(C[C@H](O[Si](C)(C)C(C)(C)C)C(C)(C)[C@H](C[C@H](OC)[C@@H](C)CCO[Si](C)(C)C(C)(C)C)OCc2ccc(OC)cc2)n1. The molecule has 2 aromatic rings. The van der Waals surface area contributed by atoms with Crippen LogP contribution in [0.4, 0.5) is 0 Å². The Morgan fingerprint density at radius 1 is 0.920 bits per heavy atom. The van der Waals surface area contributed by atoms with Crippen molar-refractivity contribution in [3.63, 3.8) is 0 Å². The van der Waals surface area contributed by atoms with Crippen LogP contribution in [0.15, 0.2) is 47.6 Å². The third-order valence-electron chi connectivity index (χ3n) is 11.4. The van der Waals surface area contributed by atoms with E-state index in [0.717, 1.165) is 17.7 Å². The average molecular weight is 734 g/mol. The van der Waals surface area contributed by atoms with E-state index in [1.165, 1.54) is 0 Å². The first kappa shape index (κ1) is 44.4. The maximum absolute atomic E-state index is 10.6. The molecule has 1 aromatic carbocycles. The van der Waals surface area contributed by atoms with Gasteiger partial charge in [0, 0.05) is 32.0 Å². The topological polar surface area (TPSA) is 92.4 Å². The van der Waals surface area contributed by atoms with E-state index in [9.17, 15) is 5.11 Å². The second-order valence-corrected chi connectivity index (χ2v) is 27.2. The molecular weight excluding hydrogens is 663 g/mol. The summed E-state index contributed by atoms with van der Waals surface area (Å²) in [6.45, 7) is 34.4. The number of aromatic nitrogens is 1. The number of methoxy groups -OCH3 is 2. The normalized spacial score (nSPS) is 16.5. The zero-order chi connectivity index (χ0) is 38.1. The van der Waals surface area contributed by atoms with Gasteiger partial charge in [-0.05, 0) is 72.7 Å². The minimum absolute atomic E-state index is 0.0174. The zero-order valence-electron chi connectivity index (χ0n) is 34.1. The number of benzene rings is 1. The predicted octanol–water partition coefficient (Wildman–Crippen LogP) is 10.3. The van der Waals surface area contributed by atoms with Crippen LogP contribution in [-0.4, -0.2) is 65.9 Å². The number of ether oxygens (including phenoxy) is 3. The molecule has 0 radical (unpaired) electrons. The summed E-state index contributed by atoms with van der Waals surface area (Å²) in [5.74, 6) is 1.59. The van der Waals surface area contributed by atoms with Gasteiger partial charge in [0.2, 0.25) is 0 Å². The minimum Gasteiger partial charge on any atom is -0.497 e. The smallest absolute Gasteiger partial charge is 0.196 e. The van der Waals surface area contributed by atoms with Crippen LogP contribution >= 0.6 is 0 Å². The lowest BCUT2D eigenvalue weighted by Gasteiger charge is -2.47. The summed E-state index contributed by atoms with van der Waals surface area (Å²) in [5, 5.41) is 10.7. The summed E-state index contributed by atoms with van der Waals surface area (Å²) >= 11 is 0. The standard InChI is InChI=1S/C40H71NO7Si2/c1-17-18-33(42)32-28-46-37(41-32)26-36(48-50(15,16)39(6,7)8)40(9,10)35(45-27-30-19-21-31(43-11)22-20-30)25-34(44-12)29(2)23-24-47-49(13,14)38(3,4)5/h17,19-22,28-29,33-36,42H,1,18,23-27H2,2-16H3/t29-,33-,34-,35-,36-/m0/s1. The van der Waals surface area contributed by atoms with E-state index < -0.39 is 28.2 Å². The minimum atomic E-state index is -2.27. The van der Waals surface area contributed by atoms with Crippen molar-refractivity contribution in [2.45, 2.75) is 155 Å². The van der Waals surface area contributed by atoms with Crippen LogP contribution in [0.5, 0.6) is 5.75 Å². The molecule has 0 fully saturated rings. The average Bonchev–Trinajstić information content (AvgIpc) is 3.48. The fraction of sp³-hybridized carbons (Fsp3) is 0.725. The number of oxazole rings is 1. The van der Waals surface area contributed by atoms with Crippen molar-refractivity contribution < 1.29 is 32.6 Å². The number of aliphatic hydroxyl groups excluding tert-OH is 1. The van der Waals surface area contributed by atoms with Crippen LogP contribution in [0.25, 0.3) is 0 Å². The van der Waals surface area contributed by atoms with Crippen molar-refractivity contribution >= 4 is 16.6 Å². The van der Waals surface area contributed by atoms with Crippen LogP contribution < -0.4 is 4.74 Å². The highest BCUT2D eigenvalue weighted by Gasteiger charge is 2.47. The number of aliphatic hydroxyl groups is 1. The highest BCUT2D eigenvalue weighted by atomic mass is 28.4. The Labute approximate surface area is 306 Å². The lowest BCUT2D eigenvalue weighted by Crippen LogP contribution is -2.53. The van der Waals surface area contributed by atoms with E-state index in [-0.39, 0.29) is 34.3 Å². The van der Waals surface area contributed by atoms with E-state index >= 15 is 0 Å². The van der Waals surface area contributed by atoms with Crippen molar-refractivity contribution in [1.82, 2.24) is 4.98 Å². The molecule has 2 rings (SSSR count). The first-order valence-electron chi connectivity index (χ1n) is 18.3. The van der Waals surface area contributed by atoms with Crippen molar-refractivity contribution in [3.05, 3.63) is 60.3 Å². The summed E-state index contributed by atoms with van der Waals surface area (Å²) in [6.07, 6.45) is 4.29. The molecule has 8 nitrogen and oxygen atoms in total. The molecule has 0 amide bonds. The van der Waals surface area contributed by atoms with Crippen LogP contribution in [0.2, 0.25) is 36.3 Å². The van der Waals surface area contributed by atoms with Gasteiger partial charge in [0.15, 0.2) is 22.5 Å². The van der Waals surface area contributed by atoms with Gasteiger partial charge in [-0.2, -0.15) is 0 Å². The molecule has 0 bridgehead atoms. The quantitative estimate of drug-likeness (QED) is 0.100. The van der Waals surface area contributed by atoms with Gasteiger partial charge < -0.3 is 32.6 Å². The lowest BCUT2D eigenvalue weighted by molar-refractivity contribution is -0.114. The van der Waals surface area contributed by atoms with E-state index in [1.54, 1.807) is 26.6 Å². The first-order chi connectivity index (χ1) is 23.0. The summed E-state index contributed by atoms with van der Waals surface area (Å²) in [6, 6.07) is 8.02. The maximum atomic E-state index is 10.6. The molecule has 0 saturated heterocycles. The summed E-state index contributed by atoms with van der Waals surface area (Å²) < 4.78 is 38.4. The van der Waals surface area contributed by atoms with Crippen LogP contribution in [0.3, 0.4) is 0 Å². The van der Waals surface area contributed by atoms with Gasteiger partial charge in [0.25, 0.3) is 0 Å². The molecule has 286 valence electrons. The second kappa shape index (κ2) is 18.3. The van der Waals surface area contributed by atoms with Crippen molar-refractivity contribution in [1.29, 1.82) is 0 Å². The highest BCUT2D eigenvalue weighted by Crippen LogP contribution is 2.43. The monoisotopic (exact) mass is 733 g/mol. The summed E-state index contributed by atoms with van der Waals surface area (Å²) in [4.78, 5) is 4.70. The fourth-order valence-corrected chi connectivity index (χ4v) is 7.90. The Balaban J connectivity index is 2.49. The molecular formula is C40H71NO7Si2. The van der Waals surface area contributed by atoms with Gasteiger partial charge in [0.05, 0.1) is 32.0 Å². The highest BCUT2D eigenvalue weighted by molar-refractivity contribution is 6.74. The van der Waals surface area contributed by atoms with E-state index in [0.29, 0.717) is 44.1 Å². The molecule has 10 heteroatoms. The molecule has 0 unspecified atom stereocenters. The van der Waals surface area contributed by atoms with Crippen molar-refractivity contribution in [2.75, 3.05) is 20.8 Å². The van der Waals surface area contributed by atoms with E-state index in [2.05, 4.69) is 95.1 Å². The Morgan fingerprint density at radius 2 is 1.52 bits per heavy atom. The number of hydrogen-bond acceptors (Lipinski definition) is 8. The Kier molecular flexibility index (Phi) is 16.2. The molecule has 50 heavy (non-hydrogen) atoms. The molecule has 1 aromatic heterocycles. The molecule has 0 aliphatic carbocycles. The predicted molar refractivity (Wildman–Crippen MR) is 210 cm³/mol. The first-order valence-corrected chi connectivity index (χ1v) is 24.1. The number of hydrogen-bond donors (Lipinski definition) is 1. The van der Waals surface area contributed by atoms with Gasteiger partial charge in [-0.15, -0.1) is 6.58 Å². The van der Waals surface area contributed by atoms with Gasteiger partial charge >= 0.3 is 0 Å². The molecule has 0 aliphatic heterocycles. The molecule has 0 saturated carbocycles. The maximum Gasteiger partial charge on any atom is 0.196 e. The molecule has 0 spiro atoms. The summed E-state index contributed by atoms with van der Waals surface area (Å²) in [7, 11) is -0.653. The van der Waals surface area contributed by atoms with Crippen LogP contribution in [0.1, 0.15) is 105 Å². The Morgan fingerprint density at radius 3 is 2.04 bits per heavy atom. The Bertz CT molecular complexity index is 1290.